The molecule has 1 aromatic carbocycles. The number of carbonyl (C=O) groups excluding carboxylic acids is 3. The average Bonchev–Trinajstić information content (AvgIpc) is 3.41. The fourth-order valence-electron chi connectivity index (χ4n) is 4.95. The molecule has 2 heterocycles. The van der Waals surface area contributed by atoms with Gasteiger partial charge in [0.1, 0.15) is 11.3 Å². The van der Waals surface area contributed by atoms with E-state index in [0.29, 0.717) is 39.5 Å². The number of rotatable bonds is 11. The molecule has 2 aromatic rings. The van der Waals surface area contributed by atoms with E-state index in [1.807, 2.05) is 20.8 Å². The van der Waals surface area contributed by atoms with Crippen LogP contribution in [-0.2, 0) is 46.7 Å². The molecular formula is C31H41N3O8S2. The summed E-state index contributed by atoms with van der Waals surface area (Å²) in [5.41, 5.74) is 1.67. The van der Waals surface area contributed by atoms with E-state index in [4.69, 9.17) is 26.4 Å². The Morgan fingerprint density at radius 1 is 1.00 bits per heavy atom. The van der Waals surface area contributed by atoms with Gasteiger partial charge in [-0.3, -0.25) is 9.59 Å². The van der Waals surface area contributed by atoms with Crippen LogP contribution >= 0.6 is 12.2 Å². The molecule has 1 aliphatic heterocycles. The average molecular weight is 648 g/mol. The van der Waals surface area contributed by atoms with Crippen molar-refractivity contribution in [1.82, 2.24) is 15.0 Å². The third kappa shape index (κ3) is 8.54. The van der Waals surface area contributed by atoms with E-state index in [1.165, 1.54) is 26.4 Å². The number of carbonyl (C=O) groups is 3. The van der Waals surface area contributed by atoms with Crippen molar-refractivity contribution >= 4 is 50.7 Å². The lowest BCUT2D eigenvalue weighted by Crippen LogP contribution is -2.29. The van der Waals surface area contributed by atoms with Gasteiger partial charge in [0.15, 0.2) is 0 Å². The van der Waals surface area contributed by atoms with Crippen LogP contribution in [0.5, 0.6) is 0 Å². The number of thiocarbonyl (C=S) groups is 1. The van der Waals surface area contributed by atoms with Crippen LogP contribution in [0.25, 0.3) is 5.57 Å². The Hall–Kier alpha value is -3.55. The summed E-state index contributed by atoms with van der Waals surface area (Å²) >= 11 is 5.50. The number of aromatic nitrogens is 1. The Bertz CT molecular complexity index is 1580. The molecule has 11 nitrogen and oxygen atoms in total. The van der Waals surface area contributed by atoms with Crippen molar-refractivity contribution in [2.45, 2.75) is 77.7 Å². The van der Waals surface area contributed by atoms with Crippen molar-refractivity contribution in [1.29, 1.82) is 0 Å². The number of hydrogen-bond acceptors (Lipinski definition) is 9. The lowest BCUT2D eigenvalue weighted by molar-refractivity contribution is -0.141. The molecule has 13 heteroatoms. The van der Waals surface area contributed by atoms with E-state index in [9.17, 15) is 22.8 Å². The van der Waals surface area contributed by atoms with Gasteiger partial charge in [-0.15, -0.1) is 0 Å². The van der Waals surface area contributed by atoms with Gasteiger partial charge < -0.3 is 24.5 Å². The second-order valence-corrected chi connectivity index (χ2v) is 14.5. The minimum Gasteiger partial charge on any atom is -0.469 e. The van der Waals surface area contributed by atoms with Gasteiger partial charge in [-0.1, -0.05) is 43.8 Å². The highest BCUT2D eigenvalue weighted by Gasteiger charge is 2.38. The van der Waals surface area contributed by atoms with E-state index in [-0.39, 0.29) is 36.4 Å². The number of hydrogen-bond donors (Lipinski definition) is 3. The summed E-state index contributed by atoms with van der Waals surface area (Å²) in [6.07, 6.45) is 0.176. The Morgan fingerprint density at radius 3 is 2.14 bits per heavy atom. The van der Waals surface area contributed by atoms with Crippen molar-refractivity contribution in [3.05, 3.63) is 58.0 Å². The van der Waals surface area contributed by atoms with Crippen LogP contribution in [-0.4, -0.2) is 62.7 Å². The van der Waals surface area contributed by atoms with Crippen LogP contribution < -0.4 is 10.0 Å². The van der Waals surface area contributed by atoms with Crippen LogP contribution in [0.3, 0.4) is 0 Å². The first-order chi connectivity index (χ1) is 20.4. The molecule has 44 heavy (non-hydrogen) atoms. The van der Waals surface area contributed by atoms with Crippen LogP contribution in [0, 0.1) is 12.3 Å². The highest BCUT2D eigenvalue weighted by Crippen LogP contribution is 2.40. The second kappa shape index (κ2) is 13.6. The molecule has 1 aliphatic rings. The molecule has 0 amide bonds. The molecule has 0 atom stereocenters. The van der Waals surface area contributed by atoms with Gasteiger partial charge >= 0.3 is 17.9 Å². The lowest BCUT2D eigenvalue weighted by Gasteiger charge is -2.23. The van der Waals surface area contributed by atoms with Gasteiger partial charge in [0, 0.05) is 41.8 Å². The van der Waals surface area contributed by atoms with Crippen molar-refractivity contribution in [2.24, 2.45) is 5.41 Å². The second-order valence-electron chi connectivity index (χ2n) is 12.3. The summed E-state index contributed by atoms with van der Waals surface area (Å²) < 4.78 is 44.9. The SMILES string of the molecule is COC(=O)CCc1c(C(=O)OC(C)(C)C)[nH]c(/C(CNS(=O)(=O)c2ccc(C)cc2)=C2\NC(=S)CC2(C)C)c1CC(=O)OC. The number of ether oxygens (including phenoxy) is 3. The number of H-pyrrole nitrogens is 1. The van der Waals surface area contributed by atoms with Crippen molar-refractivity contribution in [2.75, 3.05) is 20.8 Å². The fourth-order valence-corrected chi connectivity index (χ4v) is 6.41. The molecule has 1 fully saturated rings. The van der Waals surface area contributed by atoms with Crippen LogP contribution in [0.1, 0.15) is 80.3 Å². The topological polar surface area (TPSA) is 153 Å². The van der Waals surface area contributed by atoms with Crippen LogP contribution in [0.4, 0.5) is 0 Å². The minimum absolute atomic E-state index is 0.0376. The standard InChI is InChI=1S/C31H41N3O8S2/c1-18-9-11-19(12-10-18)44(38,39)32-17-22(28-31(5,6)16-23(43)33-28)26-21(15-25(36)41-8)20(13-14-24(35)40-7)27(34-26)29(37)42-30(2,3)4/h9-12,32,34H,13-17H2,1-8H3,(H,33,43)/b28-22-. The predicted octanol–water partition coefficient (Wildman–Crippen LogP) is 4.14. The normalized spacial score (nSPS) is 15.9. The van der Waals surface area contributed by atoms with Crippen molar-refractivity contribution in [3.8, 4) is 0 Å². The molecule has 0 bridgehead atoms. The summed E-state index contributed by atoms with van der Waals surface area (Å²) in [6, 6.07) is 6.43. The third-order valence-corrected chi connectivity index (χ3v) is 8.76. The van der Waals surface area contributed by atoms with Gasteiger partial charge in [-0.25, -0.2) is 17.9 Å². The summed E-state index contributed by atoms with van der Waals surface area (Å²) in [4.78, 5) is 42.2. The van der Waals surface area contributed by atoms with Gasteiger partial charge in [0.05, 0.1) is 30.5 Å². The number of nitrogens with one attached hydrogen (secondary N) is 3. The monoisotopic (exact) mass is 647 g/mol. The molecule has 240 valence electrons. The highest BCUT2D eigenvalue weighted by atomic mass is 32.2. The zero-order chi connectivity index (χ0) is 33.0. The molecule has 0 unspecified atom stereocenters. The largest absolute Gasteiger partial charge is 0.469 e. The molecule has 0 spiro atoms. The molecule has 1 saturated heterocycles. The summed E-state index contributed by atoms with van der Waals surface area (Å²) in [7, 11) is -1.47. The molecule has 1 aromatic heterocycles. The van der Waals surface area contributed by atoms with Gasteiger partial charge in [-0.05, 0) is 57.4 Å². The molecule has 0 radical (unpaired) electrons. The smallest absolute Gasteiger partial charge is 0.355 e. The molecule has 3 rings (SSSR count). The number of esters is 3. The van der Waals surface area contributed by atoms with Crippen LogP contribution in [0.2, 0.25) is 0 Å². The minimum atomic E-state index is -3.97. The summed E-state index contributed by atoms with van der Waals surface area (Å²) in [5.74, 6) is -1.81. The lowest BCUT2D eigenvalue weighted by atomic mass is 9.85. The number of benzene rings is 1. The first kappa shape index (κ1) is 34.9. The maximum atomic E-state index is 13.5. The maximum Gasteiger partial charge on any atom is 0.355 e. The summed E-state index contributed by atoms with van der Waals surface area (Å²) in [6.45, 7) is 10.7. The number of aromatic amines is 1. The Morgan fingerprint density at radius 2 is 1.61 bits per heavy atom. The Kier molecular flexibility index (Phi) is 10.8. The zero-order valence-electron chi connectivity index (χ0n) is 26.4. The third-order valence-electron chi connectivity index (χ3n) is 7.09. The van der Waals surface area contributed by atoms with Crippen molar-refractivity contribution < 1.29 is 37.0 Å². The molecule has 0 saturated carbocycles. The predicted molar refractivity (Wildman–Crippen MR) is 169 cm³/mol. The first-order valence-corrected chi connectivity index (χ1v) is 16.0. The first-order valence-electron chi connectivity index (χ1n) is 14.1. The number of aryl methyl sites for hydroxylation is 1. The van der Waals surface area contributed by atoms with Gasteiger partial charge in [0.2, 0.25) is 10.0 Å². The molecule has 0 aliphatic carbocycles. The van der Waals surface area contributed by atoms with Gasteiger partial charge in [0.25, 0.3) is 0 Å². The van der Waals surface area contributed by atoms with Crippen molar-refractivity contribution in [3.63, 3.8) is 0 Å². The Balaban J connectivity index is 2.29. The maximum absolute atomic E-state index is 13.5. The van der Waals surface area contributed by atoms with Gasteiger partial charge in [-0.2, -0.15) is 0 Å². The van der Waals surface area contributed by atoms with E-state index in [1.54, 1.807) is 32.9 Å². The zero-order valence-corrected chi connectivity index (χ0v) is 28.1. The number of allylic oxidation sites excluding steroid dienone is 1. The van der Waals surface area contributed by atoms with Crippen LogP contribution in [0.15, 0.2) is 34.9 Å². The van der Waals surface area contributed by atoms with E-state index < -0.39 is 38.9 Å². The number of methoxy groups -OCH3 is 2. The van der Waals surface area contributed by atoms with E-state index >= 15 is 0 Å². The fraction of sp³-hybridized carbons (Fsp3) is 0.484. The summed E-state index contributed by atoms with van der Waals surface area (Å²) in [5, 5.41) is 3.23. The highest BCUT2D eigenvalue weighted by molar-refractivity contribution is 7.89. The molecular weight excluding hydrogens is 606 g/mol. The molecule has 3 N–H and O–H groups in total. The van der Waals surface area contributed by atoms with E-state index in [0.717, 1.165) is 5.56 Å². The number of sulfonamides is 1. The Labute approximate surface area is 264 Å². The quantitative estimate of drug-likeness (QED) is 0.184. The van der Waals surface area contributed by atoms with E-state index in [2.05, 4.69) is 15.0 Å².